The zero-order valence-corrected chi connectivity index (χ0v) is 20.7. The lowest BCUT2D eigenvalue weighted by molar-refractivity contribution is -0.156. The van der Waals surface area contributed by atoms with Gasteiger partial charge in [0, 0.05) is 29.9 Å². The Morgan fingerprint density at radius 3 is 2.39 bits per heavy atom. The van der Waals surface area contributed by atoms with Crippen molar-refractivity contribution in [1.29, 1.82) is 0 Å². The van der Waals surface area contributed by atoms with Gasteiger partial charge in [-0.3, -0.25) is 4.79 Å². The van der Waals surface area contributed by atoms with Crippen LogP contribution < -0.4 is 0 Å². The van der Waals surface area contributed by atoms with Crippen LogP contribution in [0.15, 0.2) is 64.8 Å². The number of amides is 1. The lowest BCUT2D eigenvalue weighted by Gasteiger charge is -2.34. The summed E-state index contributed by atoms with van der Waals surface area (Å²) < 4.78 is 13.2. The van der Waals surface area contributed by atoms with Crippen LogP contribution in [0.1, 0.15) is 61.1 Å². The summed E-state index contributed by atoms with van der Waals surface area (Å²) in [4.78, 5) is 15.2. The SMILES string of the molecule is CN(C(=O)C1=C[C@@H](c2ccc(Br)cc2)C[C@@H](OCc2ccc(CO)cc2)O1)C1CCCCC1. The van der Waals surface area contributed by atoms with Gasteiger partial charge in [-0.1, -0.05) is 71.6 Å². The van der Waals surface area contributed by atoms with Gasteiger partial charge in [0.2, 0.25) is 6.29 Å². The number of carbonyl (C=O) groups is 1. The molecule has 176 valence electrons. The Bertz CT molecular complexity index is 951. The summed E-state index contributed by atoms with van der Waals surface area (Å²) in [7, 11) is 1.89. The first kappa shape index (κ1) is 24.0. The van der Waals surface area contributed by atoms with Gasteiger partial charge in [0.15, 0.2) is 5.76 Å². The molecule has 0 spiro atoms. The van der Waals surface area contributed by atoms with Gasteiger partial charge in [-0.25, -0.2) is 0 Å². The molecule has 1 amide bonds. The highest BCUT2D eigenvalue weighted by atomic mass is 79.9. The molecule has 1 N–H and O–H groups in total. The largest absolute Gasteiger partial charge is 0.459 e. The van der Waals surface area contributed by atoms with Gasteiger partial charge in [0.1, 0.15) is 0 Å². The average molecular weight is 514 g/mol. The molecule has 4 rings (SSSR count). The smallest absolute Gasteiger partial charge is 0.288 e. The molecule has 1 aliphatic carbocycles. The Kier molecular flexibility index (Phi) is 8.23. The lowest BCUT2D eigenvalue weighted by Crippen LogP contribution is -2.41. The van der Waals surface area contributed by atoms with Crippen LogP contribution in [0.5, 0.6) is 0 Å². The van der Waals surface area contributed by atoms with Crippen LogP contribution in [0.3, 0.4) is 0 Å². The first-order chi connectivity index (χ1) is 16.0. The Morgan fingerprint density at radius 1 is 1.06 bits per heavy atom. The van der Waals surface area contributed by atoms with Gasteiger partial charge in [-0.15, -0.1) is 0 Å². The molecule has 1 aliphatic heterocycles. The van der Waals surface area contributed by atoms with Crippen molar-refractivity contribution in [3.63, 3.8) is 0 Å². The Labute approximate surface area is 204 Å². The molecule has 33 heavy (non-hydrogen) atoms. The molecule has 2 aromatic rings. The maximum atomic E-state index is 13.4. The van der Waals surface area contributed by atoms with E-state index < -0.39 is 6.29 Å². The molecule has 0 radical (unpaired) electrons. The molecule has 2 aliphatic rings. The second-order valence-corrected chi connectivity index (χ2v) is 9.88. The van der Waals surface area contributed by atoms with Crippen LogP contribution in [-0.4, -0.2) is 35.3 Å². The van der Waals surface area contributed by atoms with E-state index in [9.17, 15) is 9.90 Å². The number of aliphatic hydroxyl groups excluding tert-OH is 1. The third-order valence-electron chi connectivity index (χ3n) is 6.65. The molecule has 1 saturated carbocycles. The van der Waals surface area contributed by atoms with E-state index >= 15 is 0 Å². The Balaban J connectivity index is 1.50. The van der Waals surface area contributed by atoms with E-state index in [0.29, 0.717) is 18.8 Å². The summed E-state index contributed by atoms with van der Waals surface area (Å²) in [5.74, 6) is 0.347. The van der Waals surface area contributed by atoms with Gasteiger partial charge in [0.25, 0.3) is 5.91 Å². The molecule has 1 fully saturated rings. The third kappa shape index (κ3) is 6.25. The maximum Gasteiger partial charge on any atom is 0.288 e. The minimum atomic E-state index is -0.514. The number of carbonyl (C=O) groups excluding carboxylic acids is 1. The number of aliphatic hydroxyl groups is 1. The van der Waals surface area contributed by atoms with Crippen molar-refractivity contribution < 1.29 is 19.4 Å². The number of nitrogens with zero attached hydrogens (tertiary/aromatic N) is 1. The highest BCUT2D eigenvalue weighted by Gasteiger charge is 2.32. The summed E-state index contributed by atoms with van der Waals surface area (Å²) in [6, 6.07) is 16.1. The van der Waals surface area contributed by atoms with Gasteiger partial charge in [0.05, 0.1) is 13.2 Å². The summed E-state index contributed by atoms with van der Waals surface area (Å²) >= 11 is 3.50. The van der Waals surface area contributed by atoms with E-state index in [1.54, 1.807) is 0 Å². The average Bonchev–Trinajstić information content (AvgIpc) is 2.87. The van der Waals surface area contributed by atoms with Gasteiger partial charge < -0.3 is 19.5 Å². The molecule has 2 atom stereocenters. The van der Waals surface area contributed by atoms with Crippen molar-refractivity contribution in [1.82, 2.24) is 4.90 Å². The predicted octanol–water partition coefficient (Wildman–Crippen LogP) is 5.66. The van der Waals surface area contributed by atoms with Crippen molar-refractivity contribution in [3.8, 4) is 0 Å². The molecule has 0 unspecified atom stereocenters. The summed E-state index contributed by atoms with van der Waals surface area (Å²) in [6.45, 7) is 0.399. The maximum absolute atomic E-state index is 13.4. The van der Waals surface area contributed by atoms with E-state index in [1.807, 2.05) is 54.4 Å². The fourth-order valence-electron chi connectivity index (χ4n) is 4.59. The Hall–Kier alpha value is -2.15. The quantitative estimate of drug-likeness (QED) is 0.518. The predicted molar refractivity (Wildman–Crippen MR) is 131 cm³/mol. The third-order valence-corrected chi connectivity index (χ3v) is 7.18. The van der Waals surface area contributed by atoms with Crippen molar-refractivity contribution >= 4 is 21.8 Å². The molecule has 5 nitrogen and oxygen atoms in total. The number of benzene rings is 2. The number of likely N-dealkylation sites (N-methyl/N-ethyl adjacent to an activating group) is 1. The van der Waals surface area contributed by atoms with Crippen LogP contribution in [0.4, 0.5) is 0 Å². The molecular formula is C27H32BrNO4. The van der Waals surface area contributed by atoms with E-state index in [2.05, 4.69) is 28.1 Å². The second kappa shape index (κ2) is 11.3. The molecule has 0 aromatic heterocycles. The monoisotopic (exact) mass is 513 g/mol. The van der Waals surface area contributed by atoms with Crippen molar-refractivity contribution in [3.05, 3.63) is 81.5 Å². The second-order valence-electron chi connectivity index (χ2n) is 8.97. The minimum absolute atomic E-state index is 0.0204. The van der Waals surface area contributed by atoms with Gasteiger partial charge >= 0.3 is 0 Å². The summed E-state index contributed by atoms with van der Waals surface area (Å²) in [6.07, 6.45) is 7.78. The van der Waals surface area contributed by atoms with E-state index in [1.165, 1.54) is 19.3 Å². The number of rotatable bonds is 7. The highest BCUT2D eigenvalue weighted by Crippen LogP contribution is 2.34. The standard InChI is InChI=1S/C27H32BrNO4/c1-29(24-5-3-2-4-6-24)27(31)25-15-22(21-11-13-23(28)14-12-21)16-26(33-25)32-18-20-9-7-19(17-30)8-10-20/h7-15,22,24,26,30H,2-6,16-18H2,1H3/t22-,26+/m1/s1. The van der Waals surface area contributed by atoms with Crippen LogP contribution in [0.2, 0.25) is 0 Å². The summed E-state index contributed by atoms with van der Waals surface area (Å²) in [5.41, 5.74) is 3.00. The van der Waals surface area contributed by atoms with Crippen molar-refractivity contribution in [2.24, 2.45) is 0 Å². The molecule has 2 aromatic carbocycles. The van der Waals surface area contributed by atoms with E-state index in [0.717, 1.165) is 34.0 Å². The van der Waals surface area contributed by atoms with Gasteiger partial charge in [-0.05, 0) is 47.7 Å². The molecule has 1 heterocycles. The van der Waals surface area contributed by atoms with Crippen LogP contribution in [-0.2, 0) is 27.5 Å². The number of allylic oxidation sites excluding steroid dienone is 1. The number of ether oxygens (including phenoxy) is 2. The van der Waals surface area contributed by atoms with Crippen LogP contribution in [0, 0.1) is 0 Å². The molecular weight excluding hydrogens is 482 g/mol. The topological polar surface area (TPSA) is 59.0 Å². The zero-order chi connectivity index (χ0) is 23.2. The van der Waals surface area contributed by atoms with Crippen molar-refractivity contribution in [2.45, 2.75) is 70.0 Å². The first-order valence-corrected chi connectivity index (χ1v) is 12.5. The Morgan fingerprint density at radius 2 is 1.73 bits per heavy atom. The van der Waals surface area contributed by atoms with Gasteiger partial charge in [-0.2, -0.15) is 0 Å². The highest BCUT2D eigenvalue weighted by molar-refractivity contribution is 9.10. The fraction of sp³-hybridized carbons (Fsp3) is 0.444. The van der Waals surface area contributed by atoms with Crippen molar-refractivity contribution in [2.75, 3.05) is 7.05 Å². The number of halogens is 1. The molecule has 0 saturated heterocycles. The molecule has 0 bridgehead atoms. The van der Waals surface area contributed by atoms with E-state index in [-0.39, 0.29) is 24.5 Å². The normalized spacial score (nSPS) is 21.2. The lowest BCUT2D eigenvalue weighted by atomic mass is 9.92. The number of hydrogen-bond donors (Lipinski definition) is 1. The van der Waals surface area contributed by atoms with Crippen LogP contribution >= 0.6 is 15.9 Å². The fourth-order valence-corrected chi connectivity index (χ4v) is 4.86. The molecule has 6 heteroatoms. The minimum Gasteiger partial charge on any atom is -0.459 e. The van der Waals surface area contributed by atoms with E-state index in [4.69, 9.17) is 9.47 Å². The summed E-state index contributed by atoms with van der Waals surface area (Å²) in [5, 5.41) is 9.24. The number of hydrogen-bond acceptors (Lipinski definition) is 4. The zero-order valence-electron chi connectivity index (χ0n) is 19.1. The first-order valence-electron chi connectivity index (χ1n) is 11.7. The van der Waals surface area contributed by atoms with Crippen LogP contribution in [0.25, 0.3) is 0 Å².